The number of nitrogens with one attached hydrogen (secondary N) is 1. The standard InChI is InChI=1S/C17H30N4O/c1-6-13(7-2)15-10-14(22-20-15)11-19-16(18-5)21-9-8-17(3,4)12-21/h10,13H,6-9,11-12H2,1-5H3,(H,18,19). The molecule has 1 saturated heterocycles. The van der Waals surface area contributed by atoms with E-state index in [9.17, 15) is 0 Å². The van der Waals surface area contributed by atoms with E-state index in [4.69, 9.17) is 4.52 Å². The van der Waals surface area contributed by atoms with E-state index in [0.29, 0.717) is 17.9 Å². The van der Waals surface area contributed by atoms with Crippen molar-refractivity contribution < 1.29 is 4.52 Å². The van der Waals surface area contributed by atoms with Gasteiger partial charge in [0.1, 0.15) is 0 Å². The Morgan fingerprint density at radius 1 is 1.45 bits per heavy atom. The van der Waals surface area contributed by atoms with Gasteiger partial charge in [-0.05, 0) is 24.7 Å². The number of hydrogen-bond acceptors (Lipinski definition) is 3. The van der Waals surface area contributed by atoms with E-state index in [2.05, 4.69) is 54.1 Å². The summed E-state index contributed by atoms with van der Waals surface area (Å²) < 4.78 is 5.46. The van der Waals surface area contributed by atoms with Crippen molar-refractivity contribution in [2.75, 3.05) is 20.1 Å². The van der Waals surface area contributed by atoms with Crippen LogP contribution in [0.1, 0.15) is 64.3 Å². The van der Waals surface area contributed by atoms with Gasteiger partial charge in [-0.2, -0.15) is 0 Å². The molecule has 1 aromatic rings. The second-order valence-electron chi connectivity index (χ2n) is 6.97. The molecule has 2 heterocycles. The van der Waals surface area contributed by atoms with Crippen molar-refractivity contribution in [2.45, 2.75) is 59.4 Å². The predicted octanol–water partition coefficient (Wildman–Crippen LogP) is 3.39. The number of aliphatic imine (C=N–C) groups is 1. The van der Waals surface area contributed by atoms with Crippen molar-refractivity contribution in [3.05, 3.63) is 17.5 Å². The highest BCUT2D eigenvalue weighted by Crippen LogP contribution is 2.28. The molecule has 1 aromatic heterocycles. The first-order chi connectivity index (χ1) is 10.5. The van der Waals surface area contributed by atoms with E-state index in [0.717, 1.165) is 43.3 Å². The van der Waals surface area contributed by atoms with Gasteiger partial charge in [0.05, 0.1) is 12.2 Å². The van der Waals surface area contributed by atoms with Crippen LogP contribution in [0.15, 0.2) is 15.6 Å². The third-order valence-corrected chi connectivity index (χ3v) is 4.59. The van der Waals surface area contributed by atoms with Crippen LogP contribution in [0.2, 0.25) is 0 Å². The van der Waals surface area contributed by atoms with Crippen LogP contribution in [0.25, 0.3) is 0 Å². The fourth-order valence-corrected chi connectivity index (χ4v) is 3.10. The highest BCUT2D eigenvalue weighted by atomic mass is 16.5. The number of hydrogen-bond donors (Lipinski definition) is 1. The van der Waals surface area contributed by atoms with Crippen LogP contribution >= 0.6 is 0 Å². The quantitative estimate of drug-likeness (QED) is 0.669. The molecule has 0 bridgehead atoms. The Morgan fingerprint density at radius 3 is 2.73 bits per heavy atom. The summed E-state index contributed by atoms with van der Waals surface area (Å²) in [5.74, 6) is 2.32. The van der Waals surface area contributed by atoms with E-state index >= 15 is 0 Å². The highest BCUT2D eigenvalue weighted by Gasteiger charge is 2.30. The number of guanidine groups is 1. The maximum atomic E-state index is 5.46. The van der Waals surface area contributed by atoms with E-state index in [1.165, 1.54) is 6.42 Å². The lowest BCUT2D eigenvalue weighted by molar-refractivity contribution is 0.357. The summed E-state index contributed by atoms with van der Waals surface area (Å²) in [6.45, 7) is 11.7. The molecule has 2 rings (SSSR count). The third-order valence-electron chi connectivity index (χ3n) is 4.59. The first-order valence-corrected chi connectivity index (χ1v) is 8.40. The molecule has 124 valence electrons. The maximum absolute atomic E-state index is 5.46. The van der Waals surface area contributed by atoms with Crippen LogP contribution < -0.4 is 5.32 Å². The molecule has 0 aromatic carbocycles. The Balaban J connectivity index is 1.92. The molecule has 5 heteroatoms. The summed E-state index contributed by atoms with van der Waals surface area (Å²) in [5.41, 5.74) is 1.44. The Kier molecular flexibility index (Phi) is 5.48. The van der Waals surface area contributed by atoms with Gasteiger partial charge in [-0.15, -0.1) is 0 Å². The summed E-state index contributed by atoms with van der Waals surface area (Å²) in [6.07, 6.45) is 3.40. The zero-order valence-corrected chi connectivity index (χ0v) is 14.6. The first kappa shape index (κ1) is 16.8. The minimum absolute atomic E-state index is 0.368. The molecule has 1 aliphatic heterocycles. The van der Waals surface area contributed by atoms with Gasteiger partial charge < -0.3 is 14.7 Å². The smallest absolute Gasteiger partial charge is 0.194 e. The molecule has 0 saturated carbocycles. The molecule has 1 N–H and O–H groups in total. The minimum Gasteiger partial charge on any atom is -0.359 e. The highest BCUT2D eigenvalue weighted by molar-refractivity contribution is 5.80. The monoisotopic (exact) mass is 306 g/mol. The minimum atomic E-state index is 0.368. The van der Waals surface area contributed by atoms with Crippen molar-refractivity contribution in [1.82, 2.24) is 15.4 Å². The van der Waals surface area contributed by atoms with Crippen LogP contribution in [0, 0.1) is 5.41 Å². The van der Waals surface area contributed by atoms with Crippen molar-refractivity contribution in [1.29, 1.82) is 0 Å². The molecule has 0 radical (unpaired) electrons. The fourth-order valence-electron chi connectivity index (χ4n) is 3.10. The molecule has 22 heavy (non-hydrogen) atoms. The Morgan fingerprint density at radius 2 is 2.18 bits per heavy atom. The molecule has 1 fully saturated rings. The number of likely N-dealkylation sites (tertiary alicyclic amines) is 1. The molecule has 0 aliphatic carbocycles. The average molecular weight is 306 g/mol. The van der Waals surface area contributed by atoms with E-state index in [-0.39, 0.29) is 0 Å². The average Bonchev–Trinajstić information content (AvgIpc) is 3.08. The molecule has 0 atom stereocenters. The van der Waals surface area contributed by atoms with Crippen LogP contribution in [0.4, 0.5) is 0 Å². The van der Waals surface area contributed by atoms with Gasteiger partial charge in [0.15, 0.2) is 11.7 Å². The summed E-state index contributed by atoms with van der Waals surface area (Å²) in [7, 11) is 1.84. The van der Waals surface area contributed by atoms with Crippen LogP contribution in [-0.2, 0) is 6.54 Å². The van der Waals surface area contributed by atoms with Gasteiger partial charge in [0, 0.05) is 32.1 Å². The van der Waals surface area contributed by atoms with Crippen LogP contribution in [0.3, 0.4) is 0 Å². The Labute approximate surface area is 134 Å². The summed E-state index contributed by atoms with van der Waals surface area (Å²) in [5, 5.41) is 7.61. The SMILES string of the molecule is CCC(CC)c1cc(CNC(=NC)N2CCC(C)(C)C2)on1. The van der Waals surface area contributed by atoms with Gasteiger partial charge in [-0.25, -0.2) is 0 Å². The summed E-state index contributed by atoms with van der Waals surface area (Å²) in [6, 6.07) is 2.08. The first-order valence-electron chi connectivity index (χ1n) is 8.40. The van der Waals surface area contributed by atoms with Crippen molar-refractivity contribution in [2.24, 2.45) is 10.4 Å². The van der Waals surface area contributed by atoms with Crippen molar-refractivity contribution in [3.8, 4) is 0 Å². The van der Waals surface area contributed by atoms with E-state index in [1.807, 2.05) is 7.05 Å². The molecular formula is C17H30N4O. The number of rotatable bonds is 5. The Hall–Kier alpha value is -1.52. The normalized spacial score (nSPS) is 18.3. The van der Waals surface area contributed by atoms with Gasteiger partial charge in [-0.1, -0.05) is 32.9 Å². The van der Waals surface area contributed by atoms with Crippen molar-refractivity contribution >= 4 is 5.96 Å². The largest absolute Gasteiger partial charge is 0.359 e. The topological polar surface area (TPSA) is 53.7 Å². The zero-order valence-electron chi connectivity index (χ0n) is 14.6. The van der Waals surface area contributed by atoms with E-state index < -0.39 is 0 Å². The number of nitrogens with zero attached hydrogens (tertiary/aromatic N) is 3. The molecule has 0 spiro atoms. The molecular weight excluding hydrogens is 276 g/mol. The second-order valence-corrected chi connectivity index (χ2v) is 6.97. The lowest BCUT2D eigenvalue weighted by Crippen LogP contribution is -2.40. The van der Waals surface area contributed by atoms with Crippen LogP contribution in [0.5, 0.6) is 0 Å². The van der Waals surface area contributed by atoms with Crippen molar-refractivity contribution in [3.63, 3.8) is 0 Å². The Bertz CT molecular complexity index is 503. The van der Waals surface area contributed by atoms with E-state index in [1.54, 1.807) is 0 Å². The number of aromatic nitrogens is 1. The molecule has 1 aliphatic rings. The third kappa shape index (κ3) is 4.02. The van der Waals surface area contributed by atoms with Gasteiger partial charge in [-0.3, -0.25) is 4.99 Å². The lowest BCUT2D eigenvalue weighted by atomic mass is 9.93. The zero-order chi connectivity index (χ0) is 16.2. The van der Waals surface area contributed by atoms with Gasteiger partial charge >= 0.3 is 0 Å². The van der Waals surface area contributed by atoms with Gasteiger partial charge in [0.25, 0.3) is 0 Å². The summed E-state index contributed by atoms with van der Waals surface area (Å²) >= 11 is 0. The van der Waals surface area contributed by atoms with Crippen LogP contribution in [-0.4, -0.2) is 36.2 Å². The lowest BCUT2D eigenvalue weighted by Gasteiger charge is -2.23. The molecule has 5 nitrogen and oxygen atoms in total. The van der Waals surface area contributed by atoms with Gasteiger partial charge in [0.2, 0.25) is 0 Å². The predicted molar refractivity (Wildman–Crippen MR) is 90.0 cm³/mol. The molecule has 0 amide bonds. The summed E-state index contributed by atoms with van der Waals surface area (Å²) in [4.78, 5) is 6.71. The maximum Gasteiger partial charge on any atom is 0.194 e. The second kappa shape index (κ2) is 7.16. The molecule has 0 unspecified atom stereocenters. The fraction of sp³-hybridized carbons (Fsp3) is 0.765.